The van der Waals surface area contributed by atoms with Crippen LogP contribution in [0, 0.1) is 13.7 Å². The molecular weight excluding hydrogens is 327 g/mol. The van der Waals surface area contributed by atoms with Gasteiger partial charge in [-0.2, -0.15) is 5.10 Å². The van der Waals surface area contributed by atoms with Gasteiger partial charge in [-0.1, -0.05) is 0 Å². The molecule has 0 fully saturated rings. The predicted octanol–water partition coefficient (Wildman–Crippen LogP) is 1.20. The van der Waals surface area contributed by atoms with Crippen molar-refractivity contribution in [3.63, 3.8) is 0 Å². The van der Waals surface area contributed by atoms with Crippen LogP contribution in [-0.2, 0) is 0 Å². The second kappa shape index (κ2) is 5.39. The minimum Gasteiger partial charge on any atom is -0.350 e. The van der Waals surface area contributed by atoms with Gasteiger partial charge in [-0.25, -0.2) is 10.2 Å². The number of nitro groups is 1. The fourth-order valence-electron chi connectivity index (χ4n) is 0.947. The van der Waals surface area contributed by atoms with Gasteiger partial charge in [0.1, 0.15) is 0 Å². The first-order chi connectivity index (χ1) is 7.49. The van der Waals surface area contributed by atoms with Gasteiger partial charge in [0, 0.05) is 21.3 Å². The van der Waals surface area contributed by atoms with Crippen molar-refractivity contribution in [3.8, 4) is 0 Å². The molecule has 0 aliphatic rings. The Hall–Kier alpha value is -1.71. The molecule has 0 atom stereocenters. The van der Waals surface area contributed by atoms with E-state index in [0.717, 1.165) is 0 Å². The number of primary amides is 1. The highest BCUT2D eigenvalue weighted by Crippen LogP contribution is 2.17. The van der Waals surface area contributed by atoms with E-state index >= 15 is 0 Å². The highest BCUT2D eigenvalue weighted by atomic mass is 127. The van der Waals surface area contributed by atoms with Crippen LogP contribution in [0.3, 0.4) is 0 Å². The summed E-state index contributed by atoms with van der Waals surface area (Å²) in [4.78, 5) is 20.4. The lowest BCUT2D eigenvalue weighted by atomic mass is 10.2. The number of hydrogen-bond acceptors (Lipinski definition) is 4. The number of halogens is 1. The van der Waals surface area contributed by atoms with E-state index in [-0.39, 0.29) is 5.69 Å². The van der Waals surface area contributed by atoms with Crippen LogP contribution in [0.4, 0.5) is 10.5 Å². The van der Waals surface area contributed by atoms with Gasteiger partial charge in [0.2, 0.25) is 0 Å². The normalized spacial score (nSPS) is 10.3. The van der Waals surface area contributed by atoms with E-state index in [0.29, 0.717) is 9.13 Å². The maximum Gasteiger partial charge on any atom is 0.332 e. The Bertz CT molecular complexity index is 461. The highest BCUT2D eigenvalue weighted by Gasteiger charge is 2.07. The molecule has 0 bridgehead atoms. The molecular formula is C8H7IN4O3. The van der Waals surface area contributed by atoms with Gasteiger partial charge in [0.15, 0.2) is 0 Å². The Morgan fingerprint density at radius 1 is 1.56 bits per heavy atom. The van der Waals surface area contributed by atoms with Crippen LogP contribution < -0.4 is 11.2 Å². The summed E-state index contributed by atoms with van der Waals surface area (Å²) >= 11 is 1.95. The van der Waals surface area contributed by atoms with Crippen LogP contribution in [-0.4, -0.2) is 17.2 Å². The van der Waals surface area contributed by atoms with Crippen LogP contribution in [0.25, 0.3) is 0 Å². The summed E-state index contributed by atoms with van der Waals surface area (Å²) in [6.07, 6.45) is 1.28. The van der Waals surface area contributed by atoms with Gasteiger partial charge in [0.05, 0.1) is 11.1 Å². The summed E-state index contributed by atoms with van der Waals surface area (Å²) in [5, 5.41) is 14.1. The number of non-ortho nitro benzene ring substituents is 1. The molecule has 1 aromatic carbocycles. The zero-order valence-electron chi connectivity index (χ0n) is 7.88. The second-order valence-electron chi connectivity index (χ2n) is 2.73. The van der Waals surface area contributed by atoms with Crippen molar-refractivity contribution < 1.29 is 9.72 Å². The largest absolute Gasteiger partial charge is 0.350 e. The lowest BCUT2D eigenvalue weighted by Gasteiger charge is -1.96. The Morgan fingerprint density at radius 3 is 2.81 bits per heavy atom. The van der Waals surface area contributed by atoms with Gasteiger partial charge in [-0.3, -0.25) is 10.1 Å². The molecule has 0 radical (unpaired) electrons. The first-order valence-electron chi connectivity index (χ1n) is 4.02. The fraction of sp³-hybridized carbons (Fsp3) is 0. The number of nitrogens with two attached hydrogens (primary N) is 1. The number of benzene rings is 1. The Kier molecular flexibility index (Phi) is 4.17. The minimum atomic E-state index is -0.795. The maximum absolute atomic E-state index is 10.6. The average Bonchev–Trinajstić information content (AvgIpc) is 2.16. The van der Waals surface area contributed by atoms with Crippen LogP contribution in [0.1, 0.15) is 5.56 Å². The quantitative estimate of drug-likeness (QED) is 0.375. The van der Waals surface area contributed by atoms with Crippen LogP contribution in [0.5, 0.6) is 0 Å². The number of carbonyl (C=O) groups excluding carboxylic acids is 1. The average molecular weight is 334 g/mol. The number of nitrogens with zero attached hydrogens (tertiary/aromatic N) is 2. The van der Waals surface area contributed by atoms with Crippen molar-refractivity contribution in [1.82, 2.24) is 5.43 Å². The summed E-state index contributed by atoms with van der Waals surface area (Å²) in [7, 11) is 0. The van der Waals surface area contributed by atoms with E-state index in [2.05, 4.69) is 5.10 Å². The molecule has 0 heterocycles. The van der Waals surface area contributed by atoms with Crippen molar-refractivity contribution in [2.45, 2.75) is 0 Å². The van der Waals surface area contributed by atoms with Gasteiger partial charge in [-0.15, -0.1) is 0 Å². The van der Waals surface area contributed by atoms with Crippen molar-refractivity contribution >= 4 is 40.5 Å². The van der Waals surface area contributed by atoms with Gasteiger partial charge in [0.25, 0.3) is 5.69 Å². The van der Waals surface area contributed by atoms with Gasteiger partial charge in [-0.05, 0) is 28.7 Å². The summed E-state index contributed by atoms with van der Waals surface area (Å²) in [5.41, 5.74) is 7.26. The molecule has 2 amide bonds. The summed E-state index contributed by atoms with van der Waals surface area (Å²) in [6.45, 7) is 0. The third-order valence-electron chi connectivity index (χ3n) is 1.50. The number of amides is 2. The van der Waals surface area contributed by atoms with Gasteiger partial charge < -0.3 is 5.73 Å². The van der Waals surface area contributed by atoms with Gasteiger partial charge >= 0.3 is 6.03 Å². The molecule has 0 aliphatic heterocycles. The molecule has 1 aromatic rings. The number of nitro benzene ring substituents is 1. The van der Waals surface area contributed by atoms with Crippen molar-refractivity contribution in [2.75, 3.05) is 0 Å². The molecule has 7 nitrogen and oxygen atoms in total. The topological polar surface area (TPSA) is 111 Å². The van der Waals surface area contributed by atoms with Crippen molar-refractivity contribution in [2.24, 2.45) is 10.8 Å². The molecule has 84 valence electrons. The number of urea groups is 1. The molecule has 8 heteroatoms. The first kappa shape index (κ1) is 12.4. The van der Waals surface area contributed by atoms with E-state index < -0.39 is 11.0 Å². The third kappa shape index (κ3) is 3.81. The molecule has 1 rings (SSSR count). The zero-order chi connectivity index (χ0) is 12.1. The van der Waals surface area contributed by atoms with E-state index in [1.165, 1.54) is 18.3 Å². The van der Waals surface area contributed by atoms with E-state index in [4.69, 9.17) is 5.73 Å². The number of rotatable bonds is 3. The van der Waals surface area contributed by atoms with E-state index in [1.54, 1.807) is 6.07 Å². The smallest absolute Gasteiger partial charge is 0.332 e. The molecule has 0 aliphatic carbocycles. The van der Waals surface area contributed by atoms with E-state index in [1.807, 2.05) is 28.0 Å². The summed E-state index contributed by atoms with van der Waals surface area (Å²) in [6, 6.07) is 3.66. The summed E-state index contributed by atoms with van der Waals surface area (Å²) in [5.74, 6) is 0. The highest BCUT2D eigenvalue weighted by molar-refractivity contribution is 14.1. The molecule has 0 saturated heterocycles. The molecule has 0 aromatic heterocycles. The molecule has 0 saturated carbocycles. The van der Waals surface area contributed by atoms with Crippen LogP contribution in [0.15, 0.2) is 23.3 Å². The molecule has 16 heavy (non-hydrogen) atoms. The lowest BCUT2D eigenvalue weighted by Crippen LogP contribution is -2.24. The zero-order valence-corrected chi connectivity index (χ0v) is 10.0. The van der Waals surface area contributed by atoms with Crippen molar-refractivity contribution in [3.05, 3.63) is 37.4 Å². The fourth-order valence-corrected chi connectivity index (χ4v) is 1.63. The monoisotopic (exact) mass is 334 g/mol. The Balaban J connectivity index is 2.92. The summed E-state index contributed by atoms with van der Waals surface area (Å²) < 4.78 is 0.701. The third-order valence-corrected chi connectivity index (χ3v) is 2.13. The number of carbonyl (C=O) groups is 1. The maximum atomic E-state index is 10.6. The Labute approximate surface area is 104 Å². The number of hydrazone groups is 1. The standard InChI is InChI=1S/C8H7IN4O3/c9-6-1-5(4-11-12-8(10)14)2-7(3-6)13(15)16/h1-4H,(H3,10,12,14). The molecule has 0 spiro atoms. The predicted molar refractivity (Wildman–Crippen MR) is 66.1 cm³/mol. The van der Waals surface area contributed by atoms with Crippen LogP contribution in [0.2, 0.25) is 0 Å². The molecule has 0 unspecified atom stereocenters. The SMILES string of the molecule is NC(=O)NN=Cc1cc(I)cc([N+](=O)[O-])c1. The Morgan fingerprint density at radius 2 is 2.25 bits per heavy atom. The number of nitrogens with one attached hydrogen (secondary N) is 1. The molecule has 3 N–H and O–H groups in total. The van der Waals surface area contributed by atoms with Crippen LogP contribution >= 0.6 is 22.6 Å². The lowest BCUT2D eigenvalue weighted by molar-refractivity contribution is -0.384. The van der Waals surface area contributed by atoms with Crippen molar-refractivity contribution in [1.29, 1.82) is 0 Å². The number of hydrogen-bond donors (Lipinski definition) is 2. The first-order valence-corrected chi connectivity index (χ1v) is 5.10. The minimum absolute atomic E-state index is 0.0348. The van der Waals surface area contributed by atoms with E-state index in [9.17, 15) is 14.9 Å². The second-order valence-corrected chi connectivity index (χ2v) is 3.98.